The fourth-order valence-electron chi connectivity index (χ4n) is 2.67. The molecule has 0 spiro atoms. The molecule has 0 radical (unpaired) electrons. The van der Waals surface area contributed by atoms with E-state index in [1.165, 1.54) is 11.8 Å². The largest absolute Gasteiger partial charge is 0.456 e. The van der Waals surface area contributed by atoms with Crippen LogP contribution in [0.1, 0.15) is 46.0 Å². The number of benzene rings is 1. The molecule has 2 atom stereocenters. The highest BCUT2D eigenvalue weighted by Crippen LogP contribution is 2.36. The summed E-state index contributed by atoms with van der Waals surface area (Å²) in [7, 11) is 0. The van der Waals surface area contributed by atoms with Crippen molar-refractivity contribution >= 4 is 35.2 Å². The smallest absolute Gasteiger partial charge is 0.307 e. The van der Waals surface area contributed by atoms with Gasteiger partial charge >= 0.3 is 5.97 Å². The molecular weight excluding hydrogens is 352 g/mol. The number of para-hydroxylation sites is 1. The number of fused-ring (bicyclic) bond motifs is 1. The SMILES string of the molecule is CCCCC[C@@H](C)NC(=O)COC(=O)C[C@@H]1Sc2ccccc2NC1=O. The zero-order valence-corrected chi connectivity index (χ0v) is 16.1. The molecule has 1 aliphatic heterocycles. The Morgan fingerprint density at radius 3 is 2.85 bits per heavy atom. The number of ether oxygens (including phenoxy) is 1. The fraction of sp³-hybridized carbons (Fsp3) is 0.526. The van der Waals surface area contributed by atoms with E-state index < -0.39 is 11.2 Å². The first-order valence-corrected chi connectivity index (χ1v) is 9.89. The molecule has 142 valence electrons. The lowest BCUT2D eigenvalue weighted by atomic mass is 10.1. The van der Waals surface area contributed by atoms with Crippen molar-refractivity contribution in [3.05, 3.63) is 24.3 Å². The molecule has 0 saturated carbocycles. The molecule has 26 heavy (non-hydrogen) atoms. The van der Waals surface area contributed by atoms with E-state index >= 15 is 0 Å². The number of hydrogen-bond acceptors (Lipinski definition) is 5. The van der Waals surface area contributed by atoms with E-state index in [9.17, 15) is 14.4 Å². The molecule has 6 nitrogen and oxygen atoms in total. The fourth-order valence-corrected chi connectivity index (χ4v) is 3.77. The minimum absolute atomic E-state index is 0.0592. The van der Waals surface area contributed by atoms with Crippen LogP contribution in [0.5, 0.6) is 0 Å². The van der Waals surface area contributed by atoms with E-state index in [-0.39, 0.29) is 30.9 Å². The number of thioether (sulfide) groups is 1. The van der Waals surface area contributed by atoms with Crippen molar-refractivity contribution in [2.45, 2.75) is 62.1 Å². The maximum atomic E-state index is 12.1. The molecule has 1 aromatic rings. The van der Waals surface area contributed by atoms with Gasteiger partial charge in [-0.2, -0.15) is 0 Å². The highest BCUT2D eigenvalue weighted by atomic mass is 32.2. The molecule has 0 aromatic heterocycles. The molecule has 0 aliphatic carbocycles. The first kappa shape index (κ1) is 20.3. The second kappa shape index (κ2) is 10.2. The van der Waals surface area contributed by atoms with Crippen LogP contribution < -0.4 is 10.6 Å². The van der Waals surface area contributed by atoms with Gasteiger partial charge in [0.2, 0.25) is 5.91 Å². The number of carbonyl (C=O) groups is 3. The van der Waals surface area contributed by atoms with Crippen LogP contribution in [0.2, 0.25) is 0 Å². The number of nitrogens with one attached hydrogen (secondary N) is 2. The third-order valence-electron chi connectivity index (χ3n) is 4.07. The van der Waals surface area contributed by atoms with Gasteiger partial charge in [-0.25, -0.2) is 0 Å². The van der Waals surface area contributed by atoms with Gasteiger partial charge in [0.25, 0.3) is 5.91 Å². The number of esters is 1. The van der Waals surface area contributed by atoms with Gasteiger partial charge in [0.1, 0.15) is 0 Å². The predicted octanol–water partition coefficient (Wildman–Crippen LogP) is 3.12. The topological polar surface area (TPSA) is 84.5 Å². The number of anilines is 1. The lowest BCUT2D eigenvalue weighted by molar-refractivity contribution is -0.149. The minimum Gasteiger partial charge on any atom is -0.456 e. The Labute approximate surface area is 158 Å². The van der Waals surface area contributed by atoms with Crippen LogP contribution in [-0.4, -0.2) is 35.7 Å². The molecule has 0 unspecified atom stereocenters. The van der Waals surface area contributed by atoms with Gasteiger partial charge in [-0.3, -0.25) is 14.4 Å². The zero-order valence-electron chi connectivity index (χ0n) is 15.2. The normalized spacial score (nSPS) is 17.0. The Morgan fingerprint density at radius 1 is 1.31 bits per heavy atom. The van der Waals surface area contributed by atoms with Crippen molar-refractivity contribution in [3.63, 3.8) is 0 Å². The number of amides is 2. The summed E-state index contributed by atoms with van der Waals surface area (Å²) in [4.78, 5) is 36.8. The lowest BCUT2D eigenvalue weighted by Crippen LogP contribution is -2.36. The first-order chi connectivity index (χ1) is 12.5. The highest BCUT2D eigenvalue weighted by molar-refractivity contribution is 8.01. The number of hydrogen-bond donors (Lipinski definition) is 2. The van der Waals surface area contributed by atoms with Gasteiger partial charge in [0, 0.05) is 10.9 Å². The summed E-state index contributed by atoms with van der Waals surface area (Å²) in [6, 6.07) is 7.50. The van der Waals surface area contributed by atoms with E-state index in [1.807, 2.05) is 31.2 Å². The summed E-state index contributed by atoms with van der Waals surface area (Å²) >= 11 is 1.34. The molecule has 0 saturated heterocycles. The summed E-state index contributed by atoms with van der Waals surface area (Å²) in [6.45, 7) is 3.76. The molecule has 1 aromatic carbocycles. The van der Waals surface area contributed by atoms with Crippen LogP contribution >= 0.6 is 11.8 Å². The third kappa shape index (κ3) is 6.37. The summed E-state index contributed by atoms with van der Waals surface area (Å²) < 4.78 is 5.03. The average Bonchev–Trinajstić information content (AvgIpc) is 2.61. The Kier molecular flexibility index (Phi) is 7.97. The molecule has 2 rings (SSSR count). The summed E-state index contributed by atoms with van der Waals surface area (Å²) in [6.07, 6.45) is 4.18. The summed E-state index contributed by atoms with van der Waals surface area (Å²) in [5.74, 6) is -1.08. The summed E-state index contributed by atoms with van der Waals surface area (Å²) in [5.41, 5.74) is 0.753. The Hall–Kier alpha value is -2.02. The van der Waals surface area contributed by atoms with Crippen molar-refractivity contribution in [2.75, 3.05) is 11.9 Å². The van der Waals surface area contributed by atoms with E-state index in [4.69, 9.17) is 4.74 Å². The standard InChI is InChI=1S/C19H26N2O4S/c1-3-4-5-8-13(2)20-17(22)12-25-18(23)11-16-19(24)21-14-9-6-7-10-15(14)26-16/h6-7,9-10,13,16H,3-5,8,11-12H2,1-2H3,(H,20,22)(H,21,24)/t13-,16+/m1/s1. The molecule has 2 N–H and O–H groups in total. The van der Waals surface area contributed by atoms with Gasteiger partial charge < -0.3 is 15.4 Å². The van der Waals surface area contributed by atoms with Crippen LogP contribution in [-0.2, 0) is 19.1 Å². The molecule has 0 bridgehead atoms. The number of carbonyl (C=O) groups excluding carboxylic acids is 3. The van der Waals surface area contributed by atoms with Crippen LogP contribution in [0, 0.1) is 0 Å². The molecule has 2 amide bonds. The number of unbranched alkanes of at least 4 members (excludes halogenated alkanes) is 2. The molecule has 1 heterocycles. The molecule has 1 aliphatic rings. The monoisotopic (exact) mass is 378 g/mol. The van der Waals surface area contributed by atoms with E-state index in [0.717, 1.165) is 36.3 Å². The Morgan fingerprint density at radius 2 is 2.08 bits per heavy atom. The van der Waals surface area contributed by atoms with Gasteiger partial charge in [-0.05, 0) is 25.5 Å². The van der Waals surface area contributed by atoms with Crippen molar-refractivity contribution in [1.82, 2.24) is 5.32 Å². The Bertz CT molecular complexity index is 650. The van der Waals surface area contributed by atoms with Gasteiger partial charge in [-0.15, -0.1) is 11.8 Å². The maximum absolute atomic E-state index is 12.1. The average molecular weight is 378 g/mol. The highest BCUT2D eigenvalue weighted by Gasteiger charge is 2.29. The second-order valence-corrected chi connectivity index (χ2v) is 7.67. The van der Waals surface area contributed by atoms with Crippen LogP contribution in [0.3, 0.4) is 0 Å². The number of rotatable bonds is 9. The predicted molar refractivity (Wildman–Crippen MR) is 102 cm³/mol. The molecule has 0 fully saturated rings. The van der Waals surface area contributed by atoms with Gasteiger partial charge in [0.05, 0.1) is 17.4 Å². The van der Waals surface area contributed by atoms with E-state index in [1.54, 1.807) is 0 Å². The van der Waals surface area contributed by atoms with Crippen molar-refractivity contribution in [1.29, 1.82) is 0 Å². The lowest BCUT2D eigenvalue weighted by Gasteiger charge is -2.23. The third-order valence-corrected chi connectivity index (χ3v) is 5.35. The molecular formula is C19H26N2O4S. The van der Waals surface area contributed by atoms with Crippen LogP contribution in [0.4, 0.5) is 5.69 Å². The second-order valence-electron chi connectivity index (χ2n) is 6.42. The van der Waals surface area contributed by atoms with Crippen molar-refractivity contribution < 1.29 is 19.1 Å². The van der Waals surface area contributed by atoms with Gasteiger partial charge in [-0.1, -0.05) is 38.3 Å². The minimum atomic E-state index is -0.550. The summed E-state index contributed by atoms with van der Waals surface area (Å²) in [5, 5.41) is 5.05. The van der Waals surface area contributed by atoms with Crippen molar-refractivity contribution in [2.24, 2.45) is 0 Å². The van der Waals surface area contributed by atoms with E-state index in [0.29, 0.717) is 0 Å². The first-order valence-electron chi connectivity index (χ1n) is 9.01. The van der Waals surface area contributed by atoms with Crippen LogP contribution in [0.25, 0.3) is 0 Å². The Balaban J connectivity index is 1.72. The van der Waals surface area contributed by atoms with Crippen LogP contribution in [0.15, 0.2) is 29.2 Å². The van der Waals surface area contributed by atoms with Gasteiger partial charge in [0.15, 0.2) is 6.61 Å². The van der Waals surface area contributed by atoms with Crippen molar-refractivity contribution in [3.8, 4) is 0 Å². The zero-order chi connectivity index (χ0) is 18.9. The molecule has 7 heteroatoms. The maximum Gasteiger partial charge on any atom is 0.307 e. The quantitative estimate of drug-likeness (QED) is 0.509. The van der Waals surface area contributed by atoms with E-state index in [2.05, 4.69) is 17.6 Å².